The summed E-state index contributed by atoms with van der Waals surface area (Å²) in [5, 5.41) is 1.81. The molecule has 0 atom stereocenters. The zero-order valence-electron chi connectivity index (χ0n) is 24.2. The number of aromatic nitrogens is 2. The van der Waals surface area contributed by atoms with Crippen LogP contribution in [0, 0.1) is 17.5 Å². The van der Waals surface area contributed by atoms with Gasteiger partial charge in [0, 0.05) is 12.1 Å². The third-order valence-corrected chi connectivity index (χ3v) is 6.99. The molecule has 234 valence electrons. The number of anilines is 1. The van der Waals surface area contributed by atoms with Crippen molar-refractivity contribution in [3.05, 3.63) is 73.7 Å². The molecule has 2 aromatic heterocycles. The number of H-pyrrole nitrogens is 1. The predicted octanol–water partition coefficient (Wildman–Crippen LogP) is 4.89. The van der Waals surface area contributed by atoms with Crippen molar-refractivity contribution < 1.29 is 46.4 Å². The van der Waals surface area contributed by atoms with Gasteiger partial charge in [0.1, 0.15) is 33.4 Å². The lowest BCUT2D eigenvalue weighted by atomic mass is 10.2. The highest BCUT2D eigenvalue weighted by atomic mass is 32.1. The number of halogens is 3. The summed E-state index contributed by atoms with van der Waals surface area (Å²) in [6.45, 7) is 4.22. The quantitative estimate of drug-likeness (QED) is 0.258. The smallest absolute Gasteiger partial charge is 0.412 e. The molecule has 0 aliphatic carbocycles. The third-order valence-electron chi connectivity index (χ3n) is 5.97. The van der Waals surface area contributed by atoms with Crippen LogP contribution in [0.3, 0.4) is 0 Å². The fourth-order valence-corrected chi connectivity index (χ4v) is 5.15. The number of carbonyl (C=O) groups is 2. The van der Waals surface area contributed by atoms with Crippen molar-refractivity contribution in [2.75, 3.05) is 26.6 Å². The molecule has 0 aliphatic rings. The molecule has 0 spiro atoms. The molecule has 4 rings (SSSR count). The molecule has 4 aromatic rings. The van der Waals surface area contributed by atoms with E-state index >= 15 is 4.39 Å². The first-order valence-corrected chi connectivity index (χ1v) is 13.4. The monoisotopic (exact) mass is 637 g/mol. The van der Waals surface area contributed by atoms with Gasteiger partial charge >= 0.3 is 17.8 Å². The number of nitrogens with zero attached hydrogens (tertiary/aromatic N) is 1. The van der Waals surface area contributed by atoms with Crippen molar-refractivity contribution in [1.82, 2.24) is 9.55 Å². The second kappa shape index (κ2) is 12.3. The van der Waals surface area contributed by atoms with E-state index in [1.165, 1.54) is 20.3 Å². The highest BCUT2D eigenvalue weighted by Crippen LogP contribution is 2.36. The standard InChI is InChI=1S/C28H26F3N3O9S/c1-28(2,3)43-27(38)33-23-20(25(36)41-6)19-22(44-23)32-26(37)34(24(19)35)15-10-18(17(40-5)9-14(15)30)42-11-12-16(39-4)8-7-13(29)21(12)31/h7-10H,11H2,1-6H3,(H,32,37)(H,33,38). The fourth-order valence-electron chi connectivity index (χ4n) is 4.10. The van der Waals surface area contributed by atoms with E-state index in [2.05, 4.69) is 10.3 Å². The molecule has 0 aliphatic heterocycles. The lowest BCUT2D eigenvalue weighted by Crippen LogP contribution is -2.34. The maximum atomic E-state index is 15.4. The summed E-state index contributed by atoms with van der Waals surface area (Å²) in [5.74, 6) is -5.06. The Labute approximate surface area is 250 Å². The Hall–Kier alpha value is -4.99. The van der Waals surface area contributed by atoms with Gasteiger partial charge in [0.15, 0.2) is 29.0 Å². The lowest BCUT2D eigenvalue weighted by molar-refractivity contribution is 0.0604. The summed E-state index contributed by atoms with van der Waals surface area (Å²) in [4.78, 5) is 54.3. The van der Waals surface area contributed by atoms with Gasteiger partial charge in [-0.05, 0) is 32.9 Å². The van der Waals surface area contributed by atoms with Gasteiger partial charge in [-0.2, -0.15) is 0 Å². The topological polar surface area (TPSA) is 147 Å². The van der Waals surface area contributed by atoms with Gasteiger partial charge in [-0.3, -0.25) is 15.1 Å². The number of hydrogen-bond donors (Lipinski definition) is 2. The zero-order valence-corrected chi connectivity index (χ0v) is 25.0. The maximum absolute atomic E-state index is 15.4. The number of carbonyl (C=O) groups excluding carboxylic acids is 2. The van der Waals surface area contributed by atoms with Crippen LogP contribution < -0.4 is 30.8 Å². The number of methoxy groups -OCH3 is 3. The molecule has 0 radical (unpaired) electrons. The number of amides is 1. The maximum Gasteiger partial charge on any atom is 0.412 e. The third kappa shape index (κ3) is 6.20. The minimum Gasteiger partial charge on any atom is -0.496 e. The van der Waals surface area contributed by atoms with Crippen LogP contribution in [0.4, 0.5) is 23.0 Å². The molecule has 2 heterocycles. The molecule has 1 amide bonds. The number of nitrogens with one attached hydrogen (secondary N) is 2. The van der Waals surface area contributed by atoms with Crippen LogP contribution in [-0.4, -0.2) is 48.5 Å². The first kappa shape index (κ1) is 31.9. The van der Waals surface area contributed by atoms with Crippen molar-refractivity contribution in [3.63, 3.8) is 0 Å². The van der Waals surface area contributed by atoms with E-state index < -0.39 is 69.6 Å². The minimum absolute atomic E-state index is 0.0353. The number of aromatic amines is 1. The van der Waals surface area contributed by atoms with Crippen LogP contribution in [0.1, 0.15) is 36.7 Å². The molecule has 2 N–H and O–H groups in total. The van der Waals surface area contributed by atoms with Crippen LogP contribution in [0.25, 0.3) is 15.9 Å². The summed E-state index contributed by atoms with van der Waals surface area (Å²) >= 11 is 0.681. The van der Waals surface area contributed by atoms with Crippen molar-refractivity contribution in [1.29, 1.82) is 0 Å². The van der Waals surface area contributed by atoms with Gasteiger partial charge < -0.3 is 23.7 Å². The Morgan fingerprint density at radius 3 is 2.27 bits per heavy atom. The Morgan fingerprint density at radius 2 is 1.66 bits per heavy atom. The average molecular weight is 638 g/mol. The van der Waals surface area contributed by atoms with E-state index in [0.717, 1.165) is 25.3 Å². The second-order valence-corrected chi connectivity index (χ2v) is 11.0. The Kier molecular flexibility index (Phi) is 8.94. The number of thiophene rings is 1. The summed E-state index contributed by atoms with van der Waals surface area (Å²) < 4.78 is 70.0. The molecule has 16 heteroatoms. The van der Waals surface area contributed by atoms with E-state index in [1.54, 1.807) is 20.8 Å². The lowest BCUT2D eigenvalue weighted by Gasteiger charge is -2.19. The van der Waals surface area contributed by atoms with Crippen LogP contribution in [-0.2, 0) is 16.1 Å². The van der Waals surface area contributed by atoms with E-state index in [1.807, 2.05) is 0 Å². The van der Waals surface area contributed by atoms with Gasteiger partial charge in [0.25, 0.3) is 5.56 Å². The van der Waals surface area contributed by atoms with E-state index in [-0.39, 0.29) is 32.6 Å². The van der Waals surface area contributed by atoms with Crippen LogP contribution >= 0.6 is 11.3 Å². The first-order chi connectivity index (χ1) is 20.7. The van der Waals surface area contributed by atoms with E-state index in [4.69, 9.17) is 23.7 Å². The molecule has 44 heavy (non-hydrogen) atoms. The van der Waals surface area contributed by atoms with E-state index in [0.29, 0.717) is 15.9 Å². The highest BCUT2D eigenvalue weighted by molar-refractivity contribution is 7.23. The molecule has 0 fully saturated rings. The Bertz CT molecular complexity index is 1890. The van der Waals surface area contributed by atoms with Crippen LogP contribution in [0.5, 0.6) is 17.2 Å². The largest absolute Gasteiger partial charge is 0.496 e. The summed E-state index contributed by atoms with van der Waals surface area (Å²) in [6, 6.07) is 3.80. The van der Waals surface area contributed by atoms with Crippen molar-refractivity contribution >= 4 is 38.6 Å². The SMILES string of the molecule is COC(=O)c1c(NC(=O)OC(C)(C)C)sc2[nH]c(=O)n(-c3cc(OCc4c(OC)ccc(F)c4F)c(OC)cc3F)c(=O)c12. The number of esters is 1. The highest BCUT2D eigenvalue weighted by Gasteiger charge is 2.28. The van der Waals surface area contributed by atoms with Gasteiger partial charge in [-0.15, -0.1) is 0 Å². The number of fused-ring (bicyclic) bond motifs is 1. The fraction of sp³-hybridized carbons (Fsp3) is 0.286. The average Bonchev–Trinajstić information content (AvgIpc) is 3.30. The van der Waals surface area contributed by atoms with Gasteiger partial charge in [0.05, 0.1) is 38.0 Å². The Morgan fingerprint density at radius 1 is 0.977 bits per heavy atom. The summed E-state index contributed by atoms with van der Waals surface area (Å²) in [7, 11) is 3.46. The number of hydrogen-bond acceptors (Lipinski definition) is 10. The molecule has 0 saturated carbocycles. The summed E-state index contributed by atoms with van der Waals surface area (Å²) in [6.07, 6.45) is -0.953. The van der Waals surface area contributed by atoms with Gasteiger partial charge in [-0.1, -0.05) is 11.3 Å². The Balaban J connectivity index is 1.87. The minimum atomic E-state index is -1.24. The van der Waals surface area contributed by atoms with Gasteiger partial charge in [-0.25, -0.2) is 32.1 Å². The molecule has 0 saturated heterocycles. The molecule has 12 nitrogen and oxygen atoms in total. The van der Waals surface area contributed by atoms with Crippen LogP contribution in [0.15, 0.2) is 33.9 Å². The van der Waals surface area contributed by atoms with Crippen molar-refractivity contribution in [2.24, 2.45) is 0 Å². The molecular weight excluding hydrogens is 611 g/mol. The normalized spacial score (nSPS) is 11.3. The van der Waals surface area contributed by atoms with Gasteiger partial charge in [0.2, 0.25) is 0 Å². The number of ether oxygens (including phenoxy) is 5. The van der Waals surface area contributed by atoms with Crippen LogP contribution in [0.2, 0.25) is 0 Å². The summed E-state index contributed by atoms with van der Waals surface area (Å²) in [5.41, 5.74) is -4.51. The molecule has 2 aromatic carbocycles. The molecule has 0 bridgehead atoms. The number of rotatable bonds is 8. The molecular formula is C28H26F3N3O9S. The van der Waals surface area contributed by atoms with Crippen molar-refractivity contribution in [3.8, 4) is 22.9 Å². The predicted molar refractivity (Wildman–Crippen MR) is 153 cm³/mol. The molecule has 0 unspecified atom stereocenters. The first-order valence-electron chi connectivity index (χ1n) is 12.6. The van der Waals surface area contributed by atoms with E-state index in [9.17, 15) is 28.0 Å². The second-order valence-electron chi connectivity index (χ2n) is 9.98. The number of benzene rings is 2. The zero-order chi connectivity index (χ0) is 32.5. The van der Waals surface area contributed by atoms with Crippen molar-refractivity contribution in [2.45, 2.75) is 33.0 Å².